The highest BCUT2D eigenvalue weighted by Gasteiger charge is 2.12. The second-order valence-corrected chi connectivity index (χ2v) is 4.67. The van der Waals surface area contributed by atoms with E-state index in [2.05, 4.69) is 10.1 Å². The largest absolute Gasteiger partial charge is 0.481 e. The Labute approximate surface area is 122 Å². The van der Waals surface area contributed by atoms with Crippen molar-refractivity contribution in [2.24, 2.45) is 11.1 Å². The van der Waals surface area contributed by atoms with E-state index in [0.29, 0.717) is 12.3 Å². The Morgan fingerprint density at radius 3 is 2.81 bits per heavy atom. The molecule has 0 aliphatic carbocycles. The van der Waals surface area contributed by atoms with Crippen LogP contribution in [0.4, 0.5) is 0 Å². The van der Waals surface area contributed by atoms with Crippen LogP contribution in [-0.4, -0.2) is 32.9 Å². The fourth-order valence-corrected chi connectivity index (χ4v) is 1.65. The fraction of sp³-hybridized carbons (Fsp3) is 0.267. The third-order valence-corrected chi connectivity index (χ3v) is 2.92. The number of aliphatic carboxylic acids is 1. The van der Waals surface area contributed by atoms with Crippen molar-refractivity contribution >= 4 is 11.7 Å². The monoisotopic (exact) mass is 287 g/mol. The Balaban J connectivity index is 2.10. The number of carboxylic acid groups (broad SMARTS) is 1. The molecule has 0 fully saturated rings. The second kappa shape index (κ2) is 7.23. The van der Waals surface area contributed by atoms with Gasteiger partial charge in [-0.1, -0.05) is 35.5 Å². The number of rotatable bonds is 7. The van der Waals surface area contributed by atoms with E-state index in [1.165, 1.54) is 0 Å². The Morgan fingerprint density at radius 1 is 1.43 bits per heavy atom. The average molecular weight is 287 g/mol. The van der Waals surface area contributed by atoms with Crippen molar-refractivity contribution in [3.8, 4) is 0 Å². The highest BCUT2D eigenvalue weighted by molar-refractivity contribution is 6.00. The topological polar surface area (TPSA) is 76.7 Å². The molecule has 0 saturated heterocycles. The third kappa shape index (κ3) is 4.45. The Morgan fingerprint density at radius 2 is 2.19 bits per heavy atom. The number of carboxylic acids is 1. The predicted octanol–water partition coefficient (Wildman–Crippen LogP) is 2.02. The van der Waals surface area contributed by atoms with Crippen molar-refractivity contribution in [1.29, 1.82) is 0 Å². The van der Waals surface area contributed by atoms with Gasteiger partial charge in [0.05, 0.1) is 18.8 Å². The first kappa shape index (κ1) is 14.8. The smallest absolute Gasteiger partial charge is 0.309 e. The molecule has 0 bridgehead atoms. The number of hydrogen-bond acceptors (Lipinski definition) is 4. The van der Waals surface area contributed by atoms with Gasteiger partial charge < -0.3 is 14.5 Å². The van der Waals surface area contributed by atoms with Gasteiger partial charge in [-0.15, -0.1) is 0 Å². The molecule has 0 saturated carbocycles. The minimum absolute atomic E-state index is 0.0373. The molecule has 6 heteroatoms. The van der Waals surface area contributed by atoms with Crippen LogP contribution >= 0.6 is 0 Å². The second-order valence-electron chi connectivity index (χ2n) is 4.67. The molecule has 1 N–H and O–H groups in total. The van der Waals surface area contributed by atoms with E-state index in [4.69, 9.17) is 9.94 Å². The van der Waals surface area contributed by atoms with Gasteiger partial charge in [0, 0.05) is 18.0 Å². The Bertz CT molecular complexity index is 594. The summed E-state index contributed by atoms with van der Waals surface area (Å²) in [4.78, 5) is 19.9. The summed E-state index contributed by atoms with van der Waals surface area (Å²) in [6.45, 7) is 2.12. The molecule has 1 unspecified atom stereocenters. The van der Waals surface area contributed by atoms with Gasteiger partial charge in [-0.2, -0.15) is 0 Å². The van der Waals surface area contributed by atoms with E-state index in [9.17, 15) is 4.79 Å². The zero-order chi connectivity index (χ0) is 15.1. The van der Waals surface area contributed by atoms with Gasteiger partial charge in [-0.3, -0.25) is 4.79 Å². The van der Waals surface area contributed by atoms with Crippen LogP contribution in [0.2, 0.25) is 0 Å². The maximum atomic E-state index is 10.8. The van der Waals surface area contributed by atoms with E-state index in [1.807, 2.05) is 41.1 Å². The maximum absolute atomic E-state index is 10.8. The average Bonchev–Trinajstić information content (AvgIpc) is 3.00. The summed E-state index contributed by atoms with van der Waals surface area (Å²) >= 11 is 0. The van der Waals surface area contributed by atoms with Crippen molar-refractivity contribution < 1.29 is 14.7 Å². The molecular formula is C15H17N3O3. The predicted molar refractivity (Wildman–Crippen MR) is 78.0 cm³/mol. The minimum atomic E-state index is -0.902. The molecule has 2 aromatic rings. The molecular weight excluding hydrogens is 270 g/mol. The first-order valence-electron chi connectivity index (χ1n) is 6.59. The molecule has 0 amide bonds. The van der Waals surface area contributed by atoms with Crippen LogP contribution in [-0.2, 0) is 16.2 Å². The highest BCUT2D eigenvalue weighted by atomic mass is 16.6. The van der Waals surface area contributed by atoms with Crippen LogP contribution in [0.1, 0.15) is 12.5 Å². The van der Waals surface area contributed by atoms with Gasteiger partial charge >= 0.3 is 5.97 Å². The lowest BCUT2D eigenvalue weighted by molar-refractivity contribution is -0.143. The first-order chi connectivity index (χ1) is 10.2. The number of imidazole rings is 1. The SMILES string of the molecule is CC(CO/N=C(/Cn1ccnc1)c1ccccc1)C(=O)O. The molecule has 1 aromatic heterocycles. The van der Waals surface area contributed by atoms with E-state index >= 15 is 0 Å². The zero-order valence-electron chi connectivity index (χ0n) is 11.7. The maximum Gasteiger partial charge on any atom is 0.309 e. The summed E-state index contributed by atoms with van der Waals surface area (Å²) in [6, 6.07) is 9.61. The minimum Gasteiger partial charge on any atom is -0.481 e. The highest BCUT2D eigenvalue weighted by Crippen LogP contribution is 2.06. The van der Waals surface area contributed by atoms with Gasteiger partial charge in [0.2, 0.25) is 0 Å². The van der Waals surface area contributed by atoms with Crippen LogP contribution in [0.3, 0.4) is 0 Å². The standard InChI is InChI=1S/C15H17N3O3/c1-12(15(19)20)10-21-17-14(9-18-8-7-16-11-18)13-5-3-2-4-6-13/h2-8,11-12H,9-10H2,1H3,(H,19,20)/b17-14-. The number of hydrogen-bond donors (Lipinski definition) is 1. The van der Waals surface area contributed by atoms with Crippen LogP contribution in [0, 0.1) is 5.92 Å². The van der Waals surface area contributed by atoms with Gasteiger partial charge in [-0.25, -0.2) is 4.98 Å². The molecule has 0 aliphatic heterocycles. The lowest BCUT2D eigenvalue weighted by Gasteiger charge is -2.09. The van der Waals surface area contributed by atoms with E-state index in [0.717, 1.165) is 5.56 Å². The van der Waals surface area contributed by atoms with Crippen LogP contribution < -0.4 is 0 Å². The van der Waals surface area contributed by atoms with E-state index in [1.54, 1.807) is 19.4 Å². The molecule has 1 atom stereocenters. The van der Waals surface area contributed by atoms with Crippen molar-refractivity contribution in [2.45, 2.75) is 13.5 Å². The lowest BCUT2D eigenvalue weighted by Crippen LogP contribution is -2.16. The summed E-state index contributed by atoms with van der Waals surface area (Å²) in [5.74, 6) is -1.50. The third-order valence-electron chi connectivity index (χ3n) is 2.92. The number of aromatic nitrogens is 2. The number of carbonyl (C=O) groups is 1. The quantitative estimate of drug-likeness (QED) is 0.624. The molecule has 0 aliphatic rings. The Kier molecular flexibility index (Phi) is 5.09. The number of benzene rings is 1. The summed E-state index contributed by atoms with van der Waals surface area (Å²) in [6.07, 6.45) is 5.21. The fourth-order valence-electron chi connectivity index (χ4n) is 1.65. The van der Waals surface area contributed by atoms with Crippen LogP contribution in [0.5, 0.6) is 0 Å². The summed E-state index contributed by atoms with van der Waals surface area (Å²) in [5.41, 5.74) is 1.64. The van der Waals surface area contributed by atoms with E-state index in [-0.39, 0.29) is 6.61 Å². The summed E-state index contributed by atoms with van der Waals surface area (Å²) in [7, 11) is 0. The van der Waals surface area contributed by atoms with Crippen LogP contribution in [0.25, 0.3) is 0 Å². The summed E-state index contributed by atoms with van der Waals surface area (Å²) in [5, 5.41) is 12.9. The van der Waals surface area contributed by atoms with Gasteiger partial charge in [0.15, 0.2) is 0 Å². The molecule has 2 rings (SSSR count). The number of nitrogens with zero attached hydrogens (tertiary/aromatic N) is 3. The molecule has 1 aromatic carbocycles. The van der Waals surface area contributed by atoms with Crippen molar-refractivity contribution in [3.05, 3.63) is 54.6 Å². The molecule has 0 spiro atoms. The summed E-state index contributed by atoms with van der Waals surface area (Å²) < 4.78 is 1.87. The van der Waals surface area contributed by atoms with Crippen LogP contribution in [0.15, 0.2) is 54.2 Å². The van der Waals surface area contributed by atoms with Crippen molar-refractivity contribution in [2.75, 3.05) is 6.61 Å². The van der Waals surface area contributed by atoms with Crippen molar-refractivity contribution in [3.63, 3.8) is 0 Å². The number of oxime groups is 1. The molecule has 110 valence electrons. The van der Waals surface area contributed by atoms with Crippen molar-refractivity contribution in [1.82, 2.24) is 9.55 Å². The molecule has 0 radical (unpaired) electrons. The zero-order valence-corrected chi connectivity index (χ0v) is 11.7. The normalized spacial score (nSPS) is 12.9. The Hall–Kier alpha value is -2.63. The molecule has 1 heterocycles. The van der Waals surface area contributed by atoms with Gasteiger partial charge in [0.1, 0.15) is 12.3 Å². The lowest BCUT2D eigenvalue weighted by atomic mass is 10.1. The van der Waals surface area contributed by atoms with Gasteiger partial charge in [0.25, 0.3) is 0 Å². The molecule has 21 heavy (non-hydrogen) atoms. The van der Waals surface area contributed by atoms with E-state index < -0.39 is 11.9 Å². The first-order valence-corrected chi connectivity index (χ1v) is 6.59. The molecule has 6 nitrogen and oxygen atoms in total. The van der Waals surface area contributed by atoms with Gasteiger partial charge in [-0.05, 0) is 6.92 Å².